The Morgan fingerprint density at radius 3 is 2.31 bits per heavy atom. The number of hydrogen-bond acceptors (Lipinski definition) is 6. The van der Waals surface area contributed by atoms with Crippen molar-refractivity contribution < 1.29 is 29.0 Å². The van der Waals surface area contributed by atoms with Gasteiger partial charge in [0.05, 0.1) is 17.3 Å². The van der Waals surface area contributed by atoms with Gasteiger partial charge in [0, 0.05) is 0 Å². The molecule has 184 valence electrons. The summed E-state index contributed by atoms with van der Waals surface area (Å²) in [5, 5.41) is 11.7. The number of urea groups is 1. The van der Waals surface area contributed by atoms with E-state index in [1.165, 1.54) is 37.5 Å². The second-order valence-corrected chi connectivity index (χ2v) is 9.15. The van der Waals surface area contributed by atoms with Crippen LogP contribution in [-0.4, -0.2) is 30.1 Å². The Labute approximate surface area is 216 Å². The fourth-order valence-electron chi connectivity index (χ4n) is 3.93. The Hall–Kier alpha value is -4.11. The van der Waals surface area contributed by atoms with Gasteiger partial charge < -0.3 is 14.6 Å². The number of ether oxygens (including phenoxy) is 2. The van der Waals surface area contributed by atoms with E-state index in [4.69, 9.17) is 9.47 Å². The molecule has 1 aliphatic heterocycles. The number of imide groups is 2. The maximum absolute atomic E-state index is 13.1. The van der Waals surface area contributed by atoms with E-state index in [1.54, 1.807) is 12.1 Å². The van der Waals surface area contributed by atoms with E-state index in [2.05, 4.69) is 27.3 Å². The van der Waals surface area contributed by atoms with E-state index in [0.29, 0.717) is 28.1 Å². The molecule has 0 aliphatic carbocycles. The predicted octanol–water partition coefficient (Wildman–Crippen LogP) is 5.03. The lowest BCUT2D eigenvalue weighted by Crippen LogP contribution is -2.54. The van der Waals surface area contributed by atoms with E-state index in [0.717, 1.165) is 21.6 Å². The topological polar surface area (TPSA) is 105 Å². The van der Waals surface area contributed by atoms with Crippen molar-refractivity contribution in [1.82, 2.24) is 5.32 Å². The molecule has 36 heavy (non-hydrogen) atoms. The van der Waals surface area contributed by atoms with Crippen molar-refractivity contribution in [2.24, 2.45) is 0 Å². The minimum atomic E-state index is -0.873. The number of methoxy groups -OCH3 is 1. The highest BCUT2D eigenvalue weighted by molar-refractivity contribution is 9.10. The van der Waals surface area contributed by atoms with Gasteiger partial charge >= 0.3 is 6.03 Å². The van der Waals surface area contributed by atoms with Crippen LogP contribution in [0.25, 0.3) is 6.08 Å². The highest BCUT2D eigenvalue weighted by Crippen LogP contribution is 2.38. The largest absolute Gasteiger partial charge is 0.508 e. The van der Waals surface area contributed by atoms with Crippen molar-refractivity contribution in [3.63, 3.8) is 0 Å². The number of nitrogens with zero attached hydrogens (tertiary/aromatic N) is 1. The summed E-state index contributed by atoms with van der Waals surface area (Å²) in [5.41, 5.74) is 3.74. The molecular weight excluding hydrogens is 528 g/mol. The van der Waals surface area contributed by atoms with Gasteiger partial charge in [-0.25, -0.2) is 9.69 Å². The molecule has 0 bridgehead atoms. The van der Waals surface area contributed by atoms with Crippen LogP contribution in [0, 0.1) is 13.8 Å². The second kappa shape index (κ2) is 10.2. The van der Waals surface area contributed by atoms with Crippen molar-refractivity contribution in [2.75, 3.05) is 12.0 Å². The highest BCUT2D eigenvalue weighted by atomic mass is 79.9. The fraction of sp³-hybridized carbons (Fsp3) is 0.148. The predicted molar refractivity (Wildman–Crippen MR) is 138 cm³/mol. The van der Waals surface area contributed by atoms with Gasteiger partial charge in [-0.15, -0.1) is 0 Å². The van der Waals surface area contributed by atoms with E-state index in [1.807, 2.05) is 26.0 Å². The number of phenolic OH excluding ortho intramolecular Hbond substituents is 1. The fourth-order valence-corrected chi connectivity index (χ4v) is 4.51. The Kier molecular flexibility index (Phi) is 7.12. The molecule has 0 aromatic heterocycles. The van der Waals surface area contributed by atoms with Gasteiger partial charge in [-0.3, -0.25) is 14.9 Å². The minimum absolute atomic E-state index is 0.0211. The number of carbonyl (C=O) groups is 3. The quantitative estimate of drug-likeness (QED) is 0.329. The van der Waals surface area contributed by atoms with E-state index >= 15 is 0 Å². The normalized spacial score (nSPS) is 14.7. The summed E-state index contributed by atoms with van der Waals surface area (Å²) in [4.78, 5) is 38.8. The van der Waals surface area contributed by atoms with Crippen molar-refractivity contribution in [2.45, 2.75) is 20.5 Å². The third-order valence-corrected chi connectivity index (χ3v) is 6.03. The van der Waals surface area contributed by atoms with Crippen LogP contribution in [0.1, 0.15) is 22.3 Å². The Bertz CT molecular complexity index is 1380. The molecule has 9 heteroatoms. The van der Waals surface area contributed by atoms with Crippen LogP contribution in [0.15, 0.2) is 64.6 Å². The van der Waals surface area contributed by atoms with Gasteiger partial charge in [-0.1, -0.05) is 29.3 Å². The minimum Gasteiger partial charge on any atom is -0.508 e. The van der Waals surface area contributed by atoms with Crippen molar-refractivity contribution >= 4 is 45.5 Å². The molecule has 1 heterocycles. The van der Waals surface area contributed by atoms with Crippen LogP contribution in [0.4, 0.5) is 10.5 Å². The Morgan fingerprint density at radius 2 is 1.67 bits per heavy atom. The number of aromatic hydroxyl groups is 1. The maximum Gasteiger partial charge on any atom is 0.335 e. The molecule has 1 aliphatic rings. The van der Waals surface area contributed by atoms with Crippen LogP contribution in [0.5, 0.6) is 17.2 Å². The lowest BCUT2D eigenvalue weighted by Gasteiger charge is -2.26. The maximum atomic E-state index is 13.1. The SMILES string of the molecule is COc1cc(/C=C2\C(=O)NC(=O)N(c3ccc(O)cc3)C2=O)cc(Br)c1OCc1cc(C)cc(C)c1. The molecule has 2 N–H and O–H groups in total. The van der Waals surface area contributed by atoms with Crippen molar-refractivity contribution in [3.05, 3.63) is 86.9 Å². The number of aryl methyl sites for hydroxylation is 2. The molecule has 3 aromatic rings. The molecule has 0 saturated carbocycles. The summed E-state index contributed by atoms with van der Waals surface area (Å²) in [7, 11) is 1.49. The third-order valence-electron chi connectivity index (χ3n) is 5.44. The zero-order valence-corrected chi connectivity index (χ0v) is 21.4. The van der Waals surface area contributed by atoms with Crippen LogP contribution >= 0.6 is 15.9 Å². The zero-order valence-electron chi connectivity index (χ0n) is 19.8. The van der Waals surface area contributed by atoms with Crippen LogP contribution in [0.2, 0.25) is 0 Å². The van der Waals surface area contributed by atoms with Gasteiger partial charge in [0.15, 0.2) is 11.5 Å². The van der Waals surface area contributed by atoms with Crippen LogP contribution in [-0.2, 0) is 16.2 Å². The van der Waals surface area contributed by atoms with E-state index in [9.17, 15) is 19.5 Å². The van der Waals surface area contributed by atoms with E-state index < -0.39 is 17.8 Å². The second-order valence-electron chi connectivity index (χ2n) is 8.29. The van der Waals surface area contributed by atoms with Crippen LogP contribution in [0.3, 0.4) is 0 Å². The summed E-state index contributed by atoms with van der Waals surface area (Å²) < 4.78 is 12.1. The Balaban J connectivity index is 1.63. The number of barbiturate groups is 1. The first-order chi connectivity index (χ1) is 17.2. The summed E-state index contributed by atoms with van der Waals surface area (Å²) in [6, 6.07) is 14.1. The molecule has 8 nitrogen and oxygen atoms in total. The standard InChI is InChI=1S/C27H23BrN2O6/c1-15-8-16(2)10-18(9-15)14-36-24-22(28)12-17(13-23(24)35-3)11-21-25(32)29-27(34)30(26(21)33)19-4-6-20(31)7-5-19/h4-13,31H,14H2,1-3H3,(H,29,32,34)/b21-11+. The number of nitrogens with one attached hydrogen (secondary N) is 1. The number of halogens is 1. The third kappa shape index (κ3) is 5.26. The summed E-state index contributed by atoms with van der Waals surface area (Å²) >= 11 is 3.49. The van der Waals surface area contributed by atoms with Gasteiger partial charge in [0.2, 0.25) is 0 Å². The number of hydrogen-bond donors (Lipinski definition) is 2. The lowest BCUT2D eigenvalue weighted by atomic mass is 10.1. The Morgan fingerprint density at radius 1 is 1.00 bits per heavy atom. The number of benzene rings is 3. The van der Waals surface area contributed by atoms with Gasteiger partial charge in [-0.05, 0) is 83.4 Å². The summed E-state index contributed by atoms with van der Waals surface area (Å²) in [5.74, 6) is -0.757. The molecule has 1 saturated heterocycles. The number of phenols is 1. The molecule has 0 unspecified atom stereocenters. The first kappa shape index (κ1) is 25.0. The molecule has 4 amide bonds. The van der Waals surface area contributed by atoms with Gasteiger partial charge in [0.25, 0.3) is 11.8 Å². The monoisotopic (exact) mass is 550 g/mol. The van der Waals surface area contributed by atoms with Crippen LogP contribution < -0.4 is 19.7 Å². The number of anilines is 1. The van der Waals surface area contributed by atoms with E-state index in [-0.39, 0.29) is 17.0 Å². The number of rotatable bonds is 6. The van der Waals surface area contributed by atoms with Crippen molar-refractivity contribution in [3.8, 4) is 17.2 Å². The zero-order chi connectivity index (χ0) is 26.0. The number of carbonyl (C=O) groups excluding carboxylic acids is 3. The average molecular weight is 551 g/mol. The number of amides is 4. The molecule has 3 aromatic carbocycles. The average Bonchev–Trinajstić information content (AvgIpc) is 2.81. The molecule has 0 spiro atoms. The molecule has 0 radical (unpaired) electrons. The molecule has 1 fully saturated rings. The summed E-state index contributed by atoms with van der Waals surface area (Å²) in [6.07, 6.45) is 1.37. The smallest absolute Gasteiger partial charge is 0.335 e. The lowest BCUT2D eigenvalue weighted by molar-refractivity contribution is -0.122. The first-order valence-corrected chi connectivity index (χ1v) is 11.7. The van der Waals surface area contributed by atoms with Gasteiger partial charge in [-0.2, -0.15) is 0 Å². The highest BCUT2D eigenvalue weighted by Gasteiger charge is 2.36. The molecular formula is C27H23BrN2O6. The first-order valence-electron chi connectivity index (χ1n) is 10.9. The molecule has 0 atom stereocenters. The summed E-state index contributed by atoms with van der Waals surface area (Å²) in [6.45, 7) is 4.37. The van der Waals surface area contributed by atoms with Crippen molar-refractivity contribution in [1.29, 1.82) is 0 Å². The molecule has 4 rings (SSSR count). The van der Waals surface area contributed by atoms with Gasteiger partial charge in [0.1, 0.15) is 17.9 Å².